The summed E-state index contributed by atoms with van der Waals surface area (Å²) in [4.78, 5) is 10.7. The van der Waals surface area contributed by atoms with Crippen LogP contribution in [0.25, 0.3) is 0 Å². The summed E-state index contributed by atoms with van der Waals surface area (Å²) in [7, 11) is -3.05. The molecule has 0 aromatic rings. The Morgan fingerprint density at radius 1 is 1.62 bits per heavy atom. The van der Waals surface area contributed by atoms with E-state index in [0.29, 0.717) is 0 Å². The van der Waals surface area contributed by atoms with Gasteiger partial charge in [-0.25, -0.2) is 14.3 Å². The zero-order valence-electron chi connectivity index (χ0n) is 6.76. The molecular formula is C6H11ClN2O3S. The highest BCUT2D eigenvalue weighted by atomic mass is 35.5. The van der Waals surface area contributed by atoms with E-state index in [1.54, 1.807) is 0 Å². The molecule has 0 aromatic heterocycles. The van der Waals surface area contributed by atoms with E-state index >= 15 is 0 Å². The average molecular weight is 227 g/mol. The van der Waals surface area contributed by atoms with Crippen LogP contribution in [0.3, 0.4) is 0 Å². The first kappa shape index (κ1) is 12.4. The predicted octanol–water partition coefficient (Wildman–Crippen LogP) is -0.653. The molecular weight excluding hydrogens is 216 g/mol. The van der Waals surface area contributed by atoms with Gasteiger partial charge >= 0.3 is 0 Å². The monoisotopic (exact) mass is 226 g/mol. The molecule has 5 nitrogen and oxygen atoms in total. The number of hydrazine groups is 1. The third-order valence-electron chi connectivity index (χ3n) is 1.61. The van der Waals surface area contributed by atoms with E-state index in [-0.39, 0.29) is 36.4 Å². The zero-order chi connectivity index (χ0) is 9.19. The number of nitrogens with two attached hydrogens (primary N) is 1. The van der Waals surface area contributed by atoms with Crippen molar-refractivity contribution < 1.29 is 13.2 Å². The van der Waals surface area contributed by atoms with Crippen LogP contribution in [0.4, 0.5) is 0 Å². The molecule has 3 N–H and O–H groups in total. The Balaban J connectivity index is 0.00000144. The number of allylic oxidation sites excluding steroid dienone is 1. The van der Waals surface area contributed by atoms with Crippen molar-refractivity contribution in [2.24, 2.45) is 11.8 Å². The number of hydrogen-bond acceptors (Lipinski definition) is 4. The first-order valence-corrected chi connectivity index (χ1v) is 5.15. The Hall–Kier alpha value is -0.590. The van der Waals surface area contributed by atoms with Crippen LogP contribution in [-0.2, 0) is 14.6 Å². The van der Waals surface area contributed by atoms with Crippen molar-refractivity contribution in [3.63, 3.8) is 0 Å². The molecule has 1 heterocycles. The van der Waals surface area contributed by atoms with Gasteiger partial charge in [0.15, 0.2) is 9.84 Å². The smallest absolute Gasteiger partial charge is 0.234 e. The summed E-state index contributed by atoms with van der Waals surface area (Å²) in [6.07, 6.45) is 1.65. The standard InChI is InChI=1S/C6H10N2O3S.ClH/c7-8-6(9)3-5-1-2-12(10,11)4-5;/h1-2,5H,3-4,7H2,(H,8,9);1H. The molecule has 0 aliphatic carbocycles. The maximum absolute atomic E-state index is 10.9. The highest BCUT2D eigenvalue weighted by Crippen LogP contribution is 2.17. The molecule has 0 spiro atoms. The Kier molecular flexibility index (Phi) is 4.38. The molecule has 0 radical (unpaired) electrons. The molecule has 13 heavy (non-hydrogen) atoms. The molecule has 1 aliphatic heterocycles. The molecule has 1 aliphatic rings. The van der Waals surface area contributed by atoms with Crippen molar-refractivity contribution in [1.82, 2.24) is 5.43 Å². The van der Waals surface area contributed by atoms with Gasteiger partial charge in [0.2, 0.25) is 5.91 Å². The van der Waals surface area contributed by atoms with Crippen molar-refractivity contribution in [3.8, 4) is 0 Å². The molecule has 0 saturated carbocycles. The second kappa shape index (κ2) is 4.59. The van der Waals surface area contributed by atoms with Crippen molar-refractivity contribution in [2.75, 3.05) is 5.75 Å². The molecule has 0 fully saturated rings. The molecule has 76 valence electrons. The van der Waals surface area contributed by atoms with Gasteiger partial charge in [-0.1, -0.05) is 6.08 Å². The summed E-state index contributed by atoms with van der Waals surface area (Å²) in [6.45, 7) is 0. The lowest BCUT2D eigenvalue weighted by molar-refractivity contribution is -0.121. The van der Waals surface area contributed by atoms with Gasteiger partial charge in [-0.2, -0.15) is 0 Å². The first-order chi connectivity index (χ1) is 5.53. The van der Waals surface area contributed by atoms with E-state index in [9.17, 15) is 13.2 Å². The molecule has 7 heteroatoms. The predicted molar refractivity (Wildman–Crippen MR) is 50.6 cm³/mol. The van der Waals surface area contributed by atoms with E-state index in [0.717, 1.165) is 5.41 Å². The number of hydrogen-bond donors (Lipinski definition) is 2. The fraction of sp³-hybridized carbons (Fsp3) is 0.500. The SMILES string of the molecule is Cl.NNC(=O)CC1C=CS(=O)(=O)C1. The Morgan fingerprint density at radius 3 is 2.62 bits per heavy atom. The Labute approximate surface area is 82.7 Å². The summed E-state index contributed by atoms with van der Waals surface area (Å²) in [5.74, 6) is 4.29. The lowest BCUT2D eigenvalue weighted by Crippen LogP contribution is -2.31. The number of carbonyl (C=O) groups excluding carboxylic acids is 1. The van der Waals surface area contributed by atoms with E-state index in [2.05, 4.69) is 0 Å². The molecule has 1 rings (SSSR count). The van der Waals surface area contributed by atoms with Crippen LogP contribution < -0.4 is 11.3 Å². The summed E-state index contributed by atoms with van der Waals surface area (Å²) in [5, 5.41) is 1.14. The number of carbonyl (C=O) groups is 1. The van der Waals surface area contributed by atoms with Gasteiger partial charge in [0, 0.05) is 17.7 Å². The third-order valence-corrected chi connectivity index (χ3v) is 3.08. The summed E-state index contributed by atoms with van der Waals surface area (Å²) in [6, 6.07) is 0. The Bertz CT molecular complexity index is 312. The summed E-state index contributed by atoms with van der Waals surface area (Å²) in [5.41, 5.74) is 1.95. The van der Waals surface area contributed by atoms with Gasteiger partial charge in [-0.3, -0.25) is 10.2 Å². The summed E-state index contributed by atoms with van der Waals surface area (Å²) >= 11 is 0. The first-order valence-electron chi connectivity index (χ1n) is 3.44. The number of rotatable bonds is 2. The lowest BCUT2D eigenvalue weighted by Gasteiger charge is -2.03. The minimum absolute atomic E-state index is 0. The summed E-state index contributed by atoms with van der Waals surface area (Å²) < 4.78 is 21.7. The number of halogens is 1. The number of amides is 1. The van der Waals surface area contributed by atoms with Crippen LogP contribution in [0.2, 0.25) is 0 Å². The normalized spacial score (nSPS) is 23.6. The average Bonchev–Trinajstić information content (AvgIpc) is 2.30. The lowest BCUT2D eigenvalue weighted by atomic mass is 10.1. The van der Waals surface area contributed by atoms with Crippen LogP contribution in [0, 0.1) is 5.92 Å². The molecule has 1 amide bonds. The third kappa shape index (κ3) is 3.75. The molecule has 0 bridgehead atoms. The van der Waals surface area contributed by atoms with E-state index in [4.69, 9.17) is 5.84 Å². The second-order valence-electron chi connectivity index (χ2n) is 2.69. The Morgan fingerprint density at radius 2 is 2.23 bits per heavy atom. The van der Waals surface area contributed by atoms with Crippen molar-refractivity contribution in [2.45, 2.75) is 6.42 Å². The maximum atomic E-state index is 10.9. The maximum Gasteiger partial charge on any atom is 0.234 e. The second-order valence-corrected chi connectivity index (χ2v) is 4.62. The van der Waals surface area contributed by atoms with Crippen LogP contribution in [0.1, 0.15) is 6.42 Å². The van der Waals surface area contributed by atoms with Crippen molar-refractivity contribution in [1.29, 1.82) is 0 Å². The highest BCUT2D eigenvalue weighted by molar-refractivity contribution is 7.94. The van der Waals surface area contributed by atoms with E-state index in [1.807, 2.05) is 5.43 Å². The minimum atomic E-state index is -3.05. The van der Waals surface area contributed by atoms with E-state index in [1.165, 1.54) is 6.08 Å². The minimum Gasteiger partial charge on any atom is -0.294 e. The highest BCUT2D eigenvalue weighted by Gasteiger charge is 2.23. The van der Waals surface area contributed by atoms with Gasteiger partial charge in [0.05, 0.1) is 5.75 Å². The van der Waals surface area contributed by atoms with Gasteiger partial charge in [0.25, 0.3) is 0 Å². The topological polar surface area (TPSA) is 89.3 Å². The number of sulfone groups is 1. The fourth-order valence-electron chi connectivity index (χ4n) is 1.06. The van der Waals surface area contributed by atoms with Crippen LogP contribution in [0.5, 0.6) is 0 Å². The van der Waals surface area contributed by atoms with Gasteiger partial charge in [-0.05, 0) is 0 Å². The van der Waals surface area contributed by atoms with Crippen molar-refractivity contribution >= 4 is 28.2 Å². The molecule has 0 aromatic carbocycles. The molecule has 0 saturated heterocycles. The van der Waals surface area contributed by atoms with Gasteiger partial charge in [-0.15, -0.1) is 12.4 Å². The van der Waals surface area contributed by atoms with Gasteiger partial charge in [0.1, 0.15) is 0 Å². The van der Waals surface area contributed by atoms with Gasteiger partial charge < -0.3 is 0 Å². The zero-order valence-corrected chi connectivity index (χ0v) is 8.40. The number of nitrogens with one attached hydrogen (secondary N) is 1. The van der Waals surface area contributed by atoms with Crippen LogP contribution >= 0.6 is 12.4 Å². The quantitative estimate of drug-likeness (QED) is 0.372. The van der Waals surface area contributed by atoms with Crippen molar-refractivity contribution in [3.05, 3.63) is 11.5 Å². The largest absolute Gasteiger partial charge is 0.294 e. The van der Waals surface area contributed by atoms with E-state index < -0.39 is 9.84 Å². The fourth-order valence-corrected chi connectivity index (χ4v) is 2.46. The molecule has 1 unspecified atom stereocenters. The van der Waals surface area contributed by atoms with Crippen LogP contribution in [0.15, 0.2) is 11.5 Å². The molecule has 1 atom stereocenters. The van der Waals surface area contributed by atoms with Crippen LogP contribution in [-0.4, -0.2) is 20.1 Å².